The van der Waals surface area contributed by atoms with Crippen LogP contribution in [0.4, 0.5) is 5.69 Å². The van der Waals surface area contributed by atoms with E-state index < -0.39 is 0 Å². The number of benzene rings is 3. The number of anilines is 1. The highest BCUT2D eigenvalue weighted by Gasteiger charge is 2.39. The van der Waals surface area contributed by atoms with Gasteiger partial charge in [-0.1, -0.05) is 65.2 Å². The Bertz CT molecular complexity index is 1260. The van der Waals surface area contributed by atoms with E-state index in [4.69, 9.17) is 23.2 Å². The Balaban J connectivity index is 1.80. The van der Waals surface area contributed by atoms with E-state index in [1.807, 2.05) is 63.2 Å². The Labute approximate surface area is 197 Å². The highest BCUT2D eigenvalue weighted by molar-refractivity contribution is 6.37. The molecule has 6 heteroatoms. The zero-order chi connectivity index (χ0) is 23.0. The zero-order valence-electron chi connectivity index (χ0n) is 18.0. The predicted molar refractivity (Wildman–Crippen MR) is 130 cm³/mol. The molecule has 4 nitrogen and oxygen atoms in total. The molecular formula is C26H22Cl2N2O2. The van der Waals surface area contributed by atoms with Crippen LogP contribution in [0.5, 0.6) is 0 Å². The van der Waals surface area contributed by atoms with Crippen LogP contribution in [0.15, 0.2) is 66.4 Å². The van der Waals surface area contributed by atoms with Gasteiger partial charge in [0, 0.05) is 15.7 Å². The third-order valence-electron chi connectivity index (χ3n) is 5.60. The molecule has 3 aromatic carbocycles. The van der Waals surface area contributed by atoms with Gasteiger partial charge in [-0.15, -0.1) is 0 Å². The molecule has 0 unspecified atom stereocenters. The van der Waals surface area contributed by atoms with Crippen LogP contribution in [0.2, 0.25) is 10.0 Å². The Kier molecular flexibility index (Phi) is 6.09. The van der Waals surface area contributed by atoms with Gasteiger partial charge in [0.05, 0.1) is 12.1 Å². The molecule has 0 radical (unpaired) electrons. The Morgan fingerprint density at radius 3 is 2.28 bits per heavy atom. The van der Waals surface area contributed by atoms with Crippen LogP contribution in [0, 0.1) is 20.8 Å². The minimum Gasteiger partial charge on any atom is -0.350 e. The van der Waals surface area contributed by atoms with Gasteiger partial charge in [-0.3, -0.25) is 14.5 Å². The molecule has 1 aliphatic rings. The van der Waals surface area contributed by atoms with E-state index >= 15 is 0 Å². The van der Waals surface area contributed by atoms with Crippen LogP contribution in [-0.4, -0.2) is 16.7 Å². The van der Waals surface area contributed by atoms with Crippen molar-refractivity contribution in [3.63, 3.8) is 0 Å². The molecule has 0 spiro atoms. The number of carbonyl (C=O) groups excluding carboxylic acids is 2. The van der Waals surface area contributed by atoms with Gasteiger partial charge in [-0.05, 0) is 67.3 Å². The molecule has 0 fully saturated rings. The van der Waals surface area contributed by atoms with Crippen molar-refractivity contribution in [1.29, 1.82) is 0 Å². The maximum atomic E-state index is 13.5. The number of hydrogen-bond acceptors (Lipinski definition) is 3. The fraction of sp³-hybridized carbons (Fsp3) is 0.154. The zero-order valence-corrected chi connectivity index (χ0v) is 19.5. The summed E-state index contributed by atoms with van der Waals surface area (Å²) >= 11 is 12.3. The monoisotopic (exact) mass is 464 g/mol. The van der Waals surface area contributed by atoms with Crippen molar-refractivity contribution in [2.24, 2.45) is 0 Å². The summed E-state index contributed by atoms with van der Waals surface area (Å²) in [5, 5.41) is 4.39. The van der Waals surface area contributed by atoms with E-state index in [2.05, 4.69) is 5.32 Å². The van der Waals surface area contributed by atoms with Crippen LogP contribution >= 0.6 is 23.2 Å². The lowest BCUT2D eigenvalue weighted by molar-refractivity contribution is -0.137. The van der Waals surface area contributed by atoms with E-state index in [0.29, 0.717) is 21.3 Å². The summed E-state index contributed by atoms with van der Waals surface area (Å²) in [6.45, 7) is 5.96. The first-order chi connectivity index (χ1) is 15.3. The molecule has 0 saturated carbocycles. The largest absolute Gasteiger partial charge is 0.350 e. The molecule has 0 saturated heterocycles. The maximum absolute atomic E-state index is 13.5. The highest BCUT2D eigenvalue weighted by Crippen LogP contribution is 2.35. The molecular weight excluding hydrogens is 443 g/mol. The number of halogens is 2. The molecule has 0 atom stereocenters. The molecule has 162 valence electrons. The first kappa shape index (κ1) is 22.1. The summed E-state index contributed by atoms with van der Waals surface area (Å²) in [6, 6.07) is 18.4. The van der Waals surface area contributed by atoms with Gasteiger partial charge in [-0.25, -0.2) is 0 Å². The fourth-order valence-electron chi connectivity index (χ4n) is 3.83. The second-order valence-corrected chi connectivity index (χ2v) is 8.77. The van der Waals surface area contributed by atoms with Gasteiger partial charge in [0.1, 0.15) is 5.70 Å². The summed E-state index contributed by atoms with van der Waals surface area (Å²) < 4.78 is 0. The molecule has 3 aromatic rings. The van der Waals surface area contributed by atoms with Crippen molar-refractivity contribution in [2.45, 2.75) is 27.3 Å². The van der Waals surface area contributed by atoms with E-state index in [1.165, 1.54) is 4.90 Å². The van der Waals surface area contributed by atoms with Crippen molar-refractivity contribution < 1.29 is 9.59 Å². The van der Waals surface area contributed by atoms with Crippen LogP contribution in [0.3, 0.4) is 0 Å². The van der Waals surface area contributed by atoms with Crippen molar-refractivity contribution in [2.75, 3.05) is 5.32 Å². The predicted octanol–water partition coefficient (Wildman–Crippen LogP) is 6.31. The number of nitrogens with zero attached hydrogens (tertiary/aromatic N) is 1. The number of aryl methyl sites for hydroxylation is 2. The lowest BCUT2D eigenvalue weighted by Gasteiger charge is -2.16. The summed E-state index contributed by atoms with van der Waals surface area (Å²) in [6.07, 6.45) is 0. The number of carbonyl (C=O) groups is 2. The summed E-state index contributed by atoms with van der Waals surface area (Å²) in [5.41, 5.74) is 5.66. The molecule has 0 aromatic heterocycles. The second kappa shape index (κ2) is 8.81. The quantitative estimate of drug-likeness (QED) is 0.449. The minimum atomic E-state index is -0.376. The average Bonchev–Trinajstić information content (AvgIpc) is 2.97. The third kappa shape index (κ3) is 4.16. The van der Waals surface area contributed by atoms with Gasteiger partial charge in [0.2, 0.25) is 0 Å². The Hall–Kier alpha value is -3.08. The average molecular weight is 465 g/mol. The first-order valence-electron chi connectivity index (χ1n) is 10.2. The van der Waals surface area contributed by atoms with Crippen LogP contribution in [0.1, 0.15) is 27.8 Å². The van der Waals surface area contributed by atoms with E-state index in [1.54, 1.807) is 18.2 Å². The number of hydrogen-bond donors (Lipinski definition) is 1. The number of imide groups is 1. The standard InChI is InChI=1S/C26H22Cl2N2O2/c1-15-7-12-20(16(2)13-15)23-24(29-22-6-4-5-21(28)17(22)3)26(32)30(25(23)31)14-18-8-10-19(27)11-9-18/h4-13,29H,14H2,1-3H3. The summed E-state index contributed by atoms with van der Waals surface area (Å²) in [7, 11) is 0. The van der Waals surface area contributed by atoms with E-state index in [-0.39, 0.29) is 24.1 Å². The van der Waals surface area contributed by atoms with Crippen molar-refractivity contribution >= 4 is 46.3 Å². The molecule has 1 N–H and O–H groups in total. The Morgan fingerprint density at radius 1 is 0.875 bits per heavy atom. The van der Waals surface area contributed by atoms with Gasteiger partial charge in [0.25, 0.3) is 11.8 Å². The Morgan fingerprint density at radius 2 is 1.59 bits per heavy atom. The van der Waals surface area contributed by atoms with E-state index in [9.17, 15) is 9.59 Å². The fourth-order valence-corrected chi connectivity index (χ4v) is 4.13. The number of amides is 2. The van der Waals surface area contributed by atoms with Crippen molar-refractivity contribution in [3.8, 4) is 0 Å². The molecule has 4 rings (SSSR count). The lowest BCUT2D eigenvalue weighted by atomic mass is 9.97. The smallest absolute Gasteiger partial charge is 0.278 e. The van der Waals surface area contributed by atoms with Crippen LogP contribution in [0.25, 0.3) is 5.57 Å². The second-order valence-electron chi connectivity index (χ2n) is 7.93. The van der Waals surface area contributed by atoms with Gasteiger partial charge >= 0.3 is 0 Å². The van der Waals surface area contributed by atoms with Gasteiger partial charge in [-0.2, -0.15) is 0 Å². The van der Waals surface area contributed by atoms with Gasteiger partial charge in [0.15, 0.2) is 0 Å². The minimum absolute atomic E-state index is 0.156. The van der Waals surface area contributed by atoms with Crippen LogP contribution < -0.4 is 5.32 Å². The molecule has 2 amide bonds. The molecule has 0 aliphatic carbocycles. The molecule has 1 heterocycles. The highest BCUT2D eigenvalue weighted by atomic mass is 35.5. The topological polar surface area (TPSA) is 49.4 Å². The molecule has 1 aliphatic heterocycles. The maximum Gasteiger partial charge on any atom is 0.278 e. The van der Waals surface area contributed by atoms with Crippen LogP contribution in [-0.2, 0) is 16.1 Å². The molecule has 0 bridgehead atoms. The first-order valence-corrected chi connectivity index (χ1v) is 11.0. The lowest BCUT2D eigenvalue weighted by Crippen LogP contribution is -2.32. The molecule has 32 heavy (non-hydrogen) atoms. The number of nitrogens with one attached hydrogen (secondary N) is 1. The summed E-state index contributed by atoms with van der Waals surface area (Å²) in [5.74, 6) is -0.710. The van der Waals surface area contributed by atoms with Crippen molar-refractivity contribution in [3.05, 3.63) is 104 Å². The SMILES string of the molecule is Cc1ccc(C2=C(Nc3cccc(Cl)c3C)C(=O)N(Cc3ccc(Cl)cc3)C2=O)c(C)c1. The normalized spacial score (nSPS) is 13.8. The van der Waals surface area contributed by atoms with Crippen molar-refractivity contribution in [1.82, 2.24) is 4.90 Å². The van der Waals surface area contributed by atoms with E-state index in [0.717, 1.165) is 27.8 Å². The summed E-state index contributed by atoms with van der Waals surface area (Å²) in [4.78, 5) is 28.3. The third-order valence-corrected chi connectivity index (χ3v) is 6.26. The van der Waals surface area contributed by atoms with Gasteiger partial charge < -0.3 is 5.32 Å². The number of rotatable bonds is 5.